The summed E-state index contributed by atoms with van der Waals surface area (Å²) >= 11 is 0. The molecule has 0 spiro atoms. The molecule has 3 rings (SSSR count). The third kappa shape index (κ3) is 2.83. The number of nitrogens with one attached hydrogen (secondary N) is 1. The van der Waals surface area contributed by atoms with Gasteiger partial charge in [-0.2, -0.15) is 15.0 Å². The molecule has 0 saturated heterocycles. The molecule has 100 valence electrons. The number of hydrogen-bond donors (Lipinski definition) is 1. The lowest BCUT2D eigenvalue weighted by Gasteiger charge is -2.07. The molecule has 0 amide bonds. The highest BCUT2D eigenvalue weighted by Gasteiger charge is 1.98. The fourth-order valence-corrected chi connectivity index (χ4v) is 1.87. The Bertz CT molecular complexity index is 656. The quantitative estimate of drug-likeness (QED) is 0.787. The number of hydrogen-bond acceptors (Lipinski definition) is 4. The van der Waals surface area contributed by atoms with Gasteiger partial charge in [-0.3, -0.25) is 4.98 Å². The lowest BCUT2D eigenvalue weighted by molar-refractivity contribution is 0.752. The Kier molecular flexibility index (Phi) is 3.41. The lowest BCUT2D eigenvalue weighted by atomic mass is 10.2. The molecule has 5 nitrogen and oxygen atoms in total. The van der Waals surface area contributed by atoms with E-state index >= 15 is 0 Å². The molecule has 0 fully saturated rings. The first-order valence-electron chi connectivity index (χ1n) is 6.43. The van der Waals surface area contributed by atoms with Gasteiger partial charge in [0.15, 0.2) is 0 Å². The molecule has 0 atom stereocenters. The molecule has 0 aliphatic heterocycles. The first-order chi connectivity index (χ1) is 9.81. The summed E-state index contributed by atoms with van der Waals surface area (Å²) in [5.41, 5.74) is 4.19. The maximum Gasteiger partial charge on any atom is 0.0858 e. The Morgan fingerprint density at radius 2 is 1.75 bits per heavy atom. The fourth-order valence-electron chi connectivity index (χ4n) is 1.87. The van der Waals surface area contributed by atoms with Crippen molar-refractivity contribution in [1.82, 2.24) is 20.0 Å². The Balaban J connectivity index is 1.65. The van der Waals surface area contributed by atoms with Crippen molar-refractivity contribution < 1.29 is 0 Å². The van der Waals surface area contributed by atoms with Crippen LogP contribution < -0.4 is 5.32 Å². The zero-order valence-corrected chi connectivity index (χ0v) is 11.2. The van der Waals surface area contributed by atoms with Gasteiger partial charge in [-0.25, -0.2) is 0 Å². The van der Waals surface area contributed by atoms with Crippen LogP contribution in [0.15, 0.2) is 55.0 Å². The highest BCUT2D eigenvalue weighted by molar-refractivity contribution is 5.48. The Labute approximate surface area is 117 Å². The second-order valence-corrected chi connectivity index (χ2v) is 4.53. The molecule has 2 heterocycles. The number of nitrogens with zero attached hydrogens (tertiary/aromatic N) is 4. The number of aromatic nitrogens is 4. The normalized spacial score (nSPS) is 10.4. The second kappa shape index (κ2) is 5.52. The van der Waals surface area contributed by atoms with Crippen molar-refractivity contribution >= 4 is 5.69 Å². The first kappa shape index (κ1) is 12.3. The molecule has 0 unspecified atom stereocenters. The van der Waals surface area contributed by atoms with E-state index in [9.17, 15) is 0 Å². The number of aryl methyl sites for hydroxylation is 1. The SMILES string of the molecule is Cc1ccc(CNc2ccc(-n3nccn3)cc2)cn1. The van der Waals surface area contributed by atoms with Crippen molar-refractivity contribution in [3.63, 3.8) is 0 Å². The molecule has 0 saturated carbocycles. The number of rotatable bonds is 4. The van der Waals surface area contributed by atoms with Crippen molar-refractivity contribution in [3.05, 3.63) is 66.2 Å². The summed E-state index contributed by atoms with van der Waals surface area (Å²) in [5.74, 6) is 0. The minimum absolute atomic E-state index is 0.757. The predicted molar refractivity (Wildman–Crippen MR) is 77.7 cm³/mol. The molecular formula is C15H15N5. The lowest BCUT2D eigenvalue weighted by Crippen LogP contribution is -2.01. The van der Waals surface area contributed by atoms with Crippen LogP contribution in [0.2, 0.25) is 0 Å². The van der Waals surface area contributed by atoms with E-state index in [1.165, 1.54) is 0 Å². The third-order valence-corrected chi connectivity index (χ3v) is 2.99. The molecule has 0 aliphatic rings. The monoisotopic (exact) mass is 265 g/mol. The summed E-state index contributed by atoms with van der Waals surface area (Å²) in [6.07, 6.45) is 5.22. The fraction of sp³-hybridized carbons (Fsp3) is 0.133. The number of anilines is 1. The maximum atomic E-state index is 4.28. The molecule has 5 heteroatoms. The Morgan fingerprint density at radius 3 is 2.40 bits per heavy atom. The van der Waals surface area contributed by atoms with Crippen molar-refractivity contribution in [1.29, 1.82) is 0 Å². The summed E-state index contributed by atoms with van der Waals surface area (Å²) in [5, 5.41) is 11.6. The van der Waals surface area contributed by atoms with E-state index in [4.69, 9.17) is 0 Å². The van der Waals surface area contributed by atoms with E-state index in [2.05, 4.69) is 26.6 Å². The summed E-state index contributed by atoms with van der Waals surface area (Å²) in [6, 6.07) is 12.1. The summed E-state index contributed by atoms with van der Waals surface area (Å²) in [7, 11) is 0. The van der Waals surface area contributed by atoms with Crippen molar-refractivity contribution in [2.24, 2.45) is 0 Å². The van der Waals surface area contributed by atoms with Gasteiger partial charge in [0.2, 0.25) is 0 Å². The standard InChI is InChI=1S/C15H15N5/c1-12-2-3-13(10-16-12)11-17-14-4-6-15(7-5-14)20-18-8-9-19-20/h2-10,17H,11H2,1H3. The third-order valence-electron chi connectivity index (χ3n) is 2.99. The minimum Gasteiger partial charge on any atom is -0.381 e. The minimum atomic E-state index is 0.757. The highest BCUT2D eigenvalue weighted by atomic mass is 15.5. The second-order valence-electron chi connectivity index (χ2n) is 4.53. The topological polar surface area (TPSA) is 55.6 Å². The Hall–Kier alpha value is -2.69. The first-order valence-corrected chi connectivity index (χ1v) is 6.43. The van der Waals surface area contributed by atoms with Crippen LogP contribution in [0.4, 0.5) is 5.69 Å². The van der Waals surface area contributed by atoms with E-state index < -0.39 is 0 Å². The molecule has 20 heavy (non-hydrogen) atoms. The van der Waals surface area contributed by atoms with Crippen LogP contribution in [0.25, 0.3) is 5.69 Å². The summed E-state index contributed by atoms with van der Waals surface area (Å²) < 4.78 is 0. The zero-order valence-electron chi connectivity index (χ0n) is 11.2. The van der Waals surface area contributed by atoms with Crippen LogP contribution in [0.5, 0.6) is 0 Å². The van der Waals surface area contributed by atoms with Crippen molar-refractivity contribution in [3.8, 4) is 5.69 Å². The summed E-state index contributed by atoms with van der Waals surface area (Å²) in [6.45, 7) is 2.74. The van der Waals surface area contributed by atoms with Crippen molar-refractivity contribution in [2.45, 2.75) is 13.5 Å². The van der Waals surface area contributed by atoms with E-state index in [1.54, 1.807) is 17.2 Å². The van der Waals surface area contributed by atoms with Gasteiger partial charge >= 0.3 is 0 Å². The van der Waals surface area contributed by atoms with E-state index in [1.807, 2.05) is 43.5 Å². The van der Waals surface area contributed by atoms with Gasteiger partial charge in [-0.15, -0.1) is 0 Å². The van der Waals surface area contributed by atoms with E-state index in [-0.39, 0.29) is 0 Å². The van der Waals surface area contributed by atoms with Crippen LogP contribution in [0.1, 0.15) is 11.3 Å². The number of pyridine rings is 1. The average Bonchev–Trinajstić information content (AvgIpc) is 3.01. The van der Waals surface area contributed by atoms with Gasteiger partial charge in [0.1, 0.15) is 0 Å². The molecule has 1 N–H and O–H groups in total. The Morgan fingerprint density at radius 1 is 1.00 bits per heavy atom. The van der Waals surface area contributed by atoms with Crippen LogP contribution in [-0.4, -0.2) is 20.0 Å². The average molecular weight is 265 g/mol. The zero-order chi connectivity index (χ0) is 13.8. The molecule has 1 aromatic carbocycles. The van der Waals surface area contributed by atoms with Gasteiger partial charge in [-0.05, 0) is 42.8 Å². The maximum absolute atomic E-state index is 4.28. The molecule has 0 aliphatic carbocycles. The molecule has 3 aromatic rings. The van der Waals surface area contributed by atoms with Crippen LogP contribution in [-0.2, 0) is 6.54 Å². The van der Waals surface area contributed by atoms with Gasteiger partial charge in [-0.1, -0.05) is 6.07 Å². The molecule has 0 bridgehead atoms. The van der Waals surface area contributed by atoms with E-state index in [0.717, 1.165) is 29.2 Å². The largest absolute Gasteiger partial charge is 0.381 e. The van der Waals surface area contributed by atoms with Gasteiger partial charge in [0.25, 0.3) is 0 Å². The van der Waals surface area contributed by atoms with Gasteiger partial charge in [0, 0.05) is 24.1 Å². The predicted octanol–water partition coefficient (Wildman–Crippen LogP) is 2.58. The van der Waals surface area contributed by atoms with Crippen LogP contribution in [0.3, 0.4) is 0 Å². The summed E-state index contributed by atoms with van der Waals surface area (Å²) in [4.78, 5) is 5.87. The van der Waals surface area contributed by atoms with Crippen LogP contribution >= 0.6 is 0 Å². The van der Waals surface area contributed by atoms with E-state index in [0.29, 0.717) is 0 Å². The smallest absolute Gasteiger partial charge is 0.0858 e. The molecular weight excluding hydrogens is 250 g/mol. The van der Waals surface area contributed by atoms with Gasteiger partial charge in [0.05, 0.1) is 18.1 Å². The van der Waals surface area contributed by atoms with Crippen molar-refractivity contribution in [2.75, 3.05) is 5.32 Å². The number of benzene rings is 1. The molecule has 0 radical (unpaired) electrons. The van der Waals surface area contributed by atoms with Crippen LogP contribution in [0, 0.1) is 6.92 Å². The van der Waals surface area contributed by atoms with Gasteiger partial charge < -0.3 is 5.32 Å². The molecule has 2 aromatic heterocycles. The highest BCUT2D eigenvalue weighted by Crippen LogP contribution is 2.13.